The highest BCUT2D eigenvalue weighted by atomic mass is 35.5. The number of pyridine rings is 1. The molecule has 3 nitrogen and oxygen atoms in total. The number of nitrogens with zero attached hydrogens (tertiary/aromatic N) is 2. The molecule has 7 rings (SSSR count). The summed E-state index contributed by atoms with van der Waals surface area (Å²) in [5.41, 5.74) is 1.34. The first-order valence-electron chi connectivity index (χ1n) is 28.6. The van der Waals surface area contributed by atoms with Gasteiger partial charge in [-0.15, -0.1) is 13.2 Å². The lowest BCUT2D eigenvalue weighted by molar-refractivity contribution is -0.274. The van der Waals surface area contributed by atoms with Crippen LogP contribution in [-0.4, -0.2) is 11.3 Å². The fourth-order valence-electron chi connectivity index (χ4n) is 7.41. The second-order valence-corrected chi connectivity index (χ2v) is 24.8. The topological polar surface area (TPSA) is 45.9 Å². The van der Waals surface area contributed by atoms with Crippen molar-refractivity contribution >= 4 is 46.4 Å². The van der Waals surface area contributed by atoms with Gasteiger partial charge in [-0.05, 0) is 177 Å². The average molecular weight is 1430 g/mol. The van der Waals surface area contributed by atoms with Crippen molar-refractivity contribution in [2.75, 3.05) is 0 Å². The highest BCUT2D eigenvalue weighted by Crippen LogP contribution is 2.39. The largest absolute Gasteiger partial charge is 0.573 e. The third-order valence-corrected chi connectivity index (χ3v) is 13.7. The van der Waals surface area contributed by atoms with Crippen LogP contribution in [-0.2, 0) is 30.9 Å². The lowest BCUT2D eigenvalue weighted by atomic mass is 9.97. The van der Waals surface area contributed by atoms with Crippen LogP contribution in [0.25, 0.3) is 0 Å². The molecule has 0 amide bonds. The maximum Gasteiger partial charge on any atom is 0.573 e. The van der Waals surface area contributed by atoms with Crippen molar-refractivity contribution in [1.82, 2.24) is 4.98 Å². The molecule has 0 spiro atoms. The van der Waals surface area contributed by atoms with Gasteiger partial charge < -0.3 is 4.74 Å². The number of hydrogen-bond donors (Lipinski definition) is 0. The van der Waals surface area contributed by atoms with Gasteiger partial charge in [0.25, 0.3) is 0 Å². The second kappa shape index (κ2) is 37.2. The lowest BCUT2D eigenvalue weighted by Crippen LogP contribution is -2.17. The molecule has 0 fully saturated rings. The van der Waals surface area contributed by atoms with Crippen molar-refractivity contribution in [3.05, 3.63) is 232 Å². The van der Waals surface area contributed by atoms with Gasteiger partial charge in [0.2, 0.25) is 0 Å². The van der Waals surface area contributed by atoms with Gasteiger partial charge in [0, 0.05) is 32.5 Å². The molecule has 0 saturated carbocycles. The fourth-order valence-corrected chi connectivity index (χ4v) is 8.43. The molecule has 25 heteroatoms. The third kappa shape index (κ3) is 32.9. The number of hydrogen-bond acceptors (Lipinski definition) is 3. The molecule has 1 heterocycles. The van der Waals surface area contributed by atoms with Gasteiger partial charge in [0.05, 0.1) is 39.4 Å². The highest BCUT2D eigenvalue weighted by Gasteiger charge is 2.38. The summed E-state index contributed by atoms with van der Waals surface area (Å²) in [5, 5.41) is 10.4. The molecular formula is C69H72Cl4F18N2O. The Balaban J connectivity index is 0.000000551. The van der Waals surface area contributed by atoms with E-state index in [1.54, 1.807) is 24.3 Å². The maximum absolute atomic E-state index is 12.4. The van der Waals surface area contributed by atoms with E-state index in [0.717, 1.165) is 59.8 Å². The lowest BCUT2D eigenvalue weighted by Gasteiger charge is -2.15. The summed E-state index contributed by atoms with van der Waals surface area (Å²) < 4.78 is 225. The molecule has 94 heavy (non-hydrogen) atoms. The SMILES string of the molecule is CC(C)c1cc(C(F)(F)F)cc(C(F)(F)F)c1.CC(C)c1cc(Cl)cc(C(F)(F)F)c1.CC(C)c1cc(Cl)cc(Cl)c1.CC(C)c1cc(Cl)cc(OC(F)(F)F)c1.CC(C)c1cccc(C#N)c1.CC(C)c1cccc(C(F)(F)F)c1.CC(C)c1cncc(C(F)(F)F)c1. The Hall–Kier alpha value is -6.34. The molecule has 0 aliphatic rings. The summed E-state index contributed by atoms with van der Waals surface area (Å²) >= 11 is 22.9. The molecule has 0 saturated heterocycles. The van der Waals surface area contributed by atoms with Crippen LogP contribution in [0, 0.1) is 11.3 Å². The predicted octanol–water partition coefficient (Wildman–Crippen LogP) is 27.5. The molecule has 6 aromatic carbocycles. The summed E-state index contributed by atoms with van der Waals surface area (Å²) in [4.78, 5) is 3.55. The van der Waals surface area contributed by atoms with Crippen LogP contribution in [0.1, 0.15) is 211 Å². The highest BCUT2D eigenvalue weighted by molar-refractivity contribution is 6.34. The number of ether oxygens (including phenoxy) is 1. The number of halogens is 22. The molecule has 1 aromatic heterocycles. The molecule has 0 aliphatic heterocycles. The van der Waals surface area contributed by atoms with Crippen LogP contribution in [0.15, 0.2) is 140 Å². The maximum atomic E-state index is 12.4. The molecule has 0 radical (unpaired) electrons. The standard InChI is InChI=1S/C11H10F6.C10H10ClF3O.C10H10ClF3.C10H11F3.C10H11N.C9H10Cl2.C9H10F3N/c1-6(2)7-3-8(10(12,13)14)5-9(4-7)11(15,16)17;1-6(2)7-3-8(11)5-9(4-7)15-10(12,13)14;1-6(2)7-3-8(10(12,13)14)5-9(11)4-7;1-7(2)8-4-3-5-9(6-8)10(11,12)13;1-8(2)10-5-3-4-9(6-10)7-11;1-6(2)7-3-8(10)5-9(11)4-7;1-6(2)7-3-8(5-13-4-7)9(10,11)12/h3-6H,1-2H3;3-6H,1-2H3;3-6H,1-2H3;3-7H,1-2H3;3-6,8H,1-2H3;3-6H,1-2H3;3-6H,1-2H3. The van der Waals surface area contributed by atoms with Gasteiger partial charge >= 0.3 is 37.2 Å². The van der Waals surface area contributed by atoms with Crippen LogP contribution >= 0.6 is 46.4 Å². The van der Waals surface area contributed by atoms with Crippen LogP contribution in [0.2, 0.25) is 20.1 Å². The van der Waals surface area contributed by atoms with E-state index >= 15 is 0 Å². The quantitative estimate of drug-likeness (QED) is 0.142. The summed E-state index contributed by atoms with van der Waals surface area (Å²) in [5.74, 6) is 0.623. The van der Waals surface area contributed by atoms with E-state index in [1.165, 1.54) is 49.4 Å². The van der Waals surface area contributed by atoms with Crippen molar-refractivity contribution in [2.45, 2.75) is 176 Å². The molecule has 518 valence electrons. The van der Waals surface area contributed by atoms with E-state index in [2.05, 4.69) is 43.5 Å². The van der Waals surface area contributed by atoms with Crippen molar-refractivity contribution in [2.24, 2.45) is 0 Å². The van der Waals surface area contributed by atoms with E-state index in [4.69, 9.17) is 51.7 Å². The minimum atomic E-state index is -4.77. The van der Waals surface area contributed by atoms with E-state index in [0.29, 0.717) is 38.6 Å². The van der Waals surface area contributed by atoms with Gasteiger partial charge in [-0.2, -0.15) is 71.1 Å². The van der Waals surface area contributed by atoms with Crippen molar-refractivity contribution in [3.63, 3.8) is 0 Å². The number of nitriles is 1. The van der Waals surface area contributed by atoms with Crippen LogP contribution in [0.4, 0.5) is 79.0 Å². The van der Waals surface area contributed by atoms with Gasteiger partial charge in [-0.25, -0.2) is 0 Å². The molecule has 0 atom stereocenters. The van der Waals surface area contributed by atoms with E-state index in [1.807, 2.05) is 91.8 Å². The Kier molecular flexibility index (Phi) is 33.9. The van der Waals surface area contributed by atoms with Gasteiger partial charge in [0.15, 0.2) is 0 Å². The minimum Gasteiger partial charge on any atom is -0.406 e. The zero-order valence-electron chi connectivity index (χ0n) is 53.4. The Morgan fingerprint density at radius 3 is 1.00 bits per heavy atom. The van der Waals surface area contributed by atoms with Crippen molar-refractivity contribution in [1.29, 1.82) is 5.26 Å². The summed E-state index contributed by atoms with van der Waals surface area (Å²) in [6.07, 6.45) is -24.8. The van der Waals surface area contributed by atoms with E-state index in [-0.39, 0.29) is 51.1 Å². The second-order valence-electron chi connectivity index (χ2n) is 23.0. The van der Waals surface area contributed by atoms with Crippen LogP contribution < -0.4 is 4.74 Å². The van der Waals surface area contributed by atoms with Gasteiger partial charge in [-0.3, -0.25) is 4.98 Å². The summed E-state index contributed by atoms with van der Waals surface area (Å²) in [6.45, 7) is 26.3. The van der Waals surface area contributed by atoms with E-state index < -0.39 is 71.0 Å². The first-order chi connectivity index (χ1) is 42.7. The predicted molar refractivity (Wildman–Crippen MR) is 338 cm³/mol. The monoisotopic (exact) mass is 1430 g/mol. The smallest absolute Gasteiger partial charge is 0.406 e. The van der Waals surface area contributed by atoms with Gasteiger partial charge in [-0.1, -0.05) is 174 Å². The fraction of sp³-hybridized carbons (Fsp3) is 0.391. The summed E-state index contributed by atoms with van der Waals surface area (Å²) in [7, 11) is 0. The zero-order chi connectivity index (χ0) is 72.8. The van der Waals surface area contributed by atoms with Gasteiger partial charge in [0.1, 0.15) is 5.75 Å². The van der Waals surface area contributed by atoms with Crippen molar-refractivity contribution in [3.8, 4) is 11.8 Å². The Labute approximate surface area is 557 Å². The Bertz CT molecular complexity index is 3370. The average Bonchev–Trinajstić information content (AvgIpc) is 0.818. The number of rotatable bonds is 8. The molecule has 7 aromatic rings. The van der Waals surface area contributed by atoms with E-state index in [9.17, 15) is 79.0 Å². The first kappa shape index (κ1) is 85.7. The number of benzene rings is 6. The molecule has 0 N–H and O–H groups in total. The third-order valence-electron chi connectivity index (χ3n) is 12.9. The van der Waals surface area contributed by atoms with Crippen LogP contribution in [0.5, 0.6) is 5.75 Å². The summed E-state index contributed by atoms with van der Waals surface area (Å²) in [6, 6.07) is 31.4. The zero-order valence-corrected chi connectivity index (χ0v) is 56.5. The molecule has 0 unspecified atom stereocenters. The molecular weight excluding hydrogens is 1360 g/mol. The first-order valence-corrected chi connectivity index (χ1v) is 30.1. The van der Waals surface area contributed by atoms with Crippen LogP contribution in [0.3, 0.4) is 0 Å². The molecule has 0 aliphatic carbocycles. The minimum absolute atomic E-state index is 0.0205. The number of alkyl halides is 18. The Morgan fingerprint density at radius 1 is 0.319 bits per heavy atom. The number of aromatic nitrogens is 1. The normalized spacial score (nSPS) is 11.9. The van der Waals surface area contributed by atoms with Crippen molar-refractivity contribution < 1.29 is 83.8 Å². The Morgan fingerprint density at radius 2 is 0.628 bits per heavy atom. The molecule has 0 bridgehead atoms.